The van der Waals surface area contributed by atoms with E-state index >= 15 is 0 Å². The van der Waals surface area contributed by atoms with Crippen LogP contribution in [0, 0.1) is 11.8 Å². The normalized spacial score (nSPS) is 31.4. The first-order valence-corrected chi connectivity index (χ1v) is 6.56. The number of nitrogens with one attached hydrogen (secondary N) is 1. The summed E-state index contributed by atoms with van der Waals surface area (Å²) < 4.78 is 0. The molecule has 16 heavy (non-hydrogen) atoms. The van der Waals surface area contributed by atoms with Crippen LogP contribution in [0.3, 0.4) is 0 Å². The van der Waals surface area contributed by atoms with Crippen LogP contribution < -0.4 is 11.1 Å². The summed E-state index contributed by atoms with van der Waals surface area (Å²) in [5.74, 6) is 1.64. The molecule has 3 nitrogen and oxygen atoms in total. The molecule has 2 saturated carbocycles. The Morgan fingerprint density at radius 3 is 2.44 bits per heavy atom. The van der Waals surface area contributed by atoms with Gasteiger partial charge in [-0.2, -0.15) is 0 Å². The van der Waals surface area contributed by atoms with E-state index in [9.17, 15) is 4.79 Å². The molecule has 0 aromatic carbocycles. The van der Waals surface area contributed by atoms with Gasteiger partial charge in [0.15, 0.2) is 0 Å². The van der Waals surface area contributed by atoms with Crippen molar-refractivity contribution in [3.63, 3.8) is 0 Å². The smallest absolute Gasteiger partial charge is 0.237 e. The van der Waals surface area contributed by atoms with Crippen LogP contribution in [0.4, 0.5) is 0 Å². The van der Waals surface area contributed by atoms with Crippen molar-refractivity contribution in [2.45, 2.75) is 64.0 Å². The van der Waals surface area contributed by atoms with E-state index in [0.29, 0.717) is 6.04 Å². The minimum Gasteiger partial charge on any atom is -0.368 e. The van der Waals surface area contributed by atoms with Crippen molar-refractivity contribution >= 4 is 5.91 Å². The summed E-state index contributed by atoms with van der Waals surface area (Å²) in [5.41, 5.74) is 4.83. The van der Waals surface area contributed by atoms with E-state index in [4.69, 9.17) is 5.73 Å². The van der Waals surface area contributed by atoms with E-state index in [-0.39, 0.29) is 5.91 Å². The highest BCUT2D eigenvalue weighted by atomic mass is 16.1. The molecule has 3 heteroatoms. The van der Waals surface area contributed by atoms with Crippen molar-refractivity contribution in [1.29, 1.82) is 0 Å². The Labute approximate surface area is 98.2 Å². The Bertz CT molecular complexity index is 271. The molecular formula is C13H24N2O. The lowest BCUT2D eigenvalue weighted by atomic mass is 9.82. The molecular weight excluding hydrogens is 200 g/mol. The highest BCUT2D eigenvalue weighted by Gasteiger charge is 2.36. The number of carbonyl (C=O) groups is 1. The number of carbonyl (C=O) groups excluding carboxylic acids is 1. The molecule has 2 rings (SSSR count). The maximum atomic E-state index is 11.3. The molecule has 2 aliphatic rings. The number of rotatable bonds is 4. The van der Waals surface area contributed by atoms with Gasteiger partial charge in [0, 0.05) is 6.04 Å². The van der Waals surface area contributed by atoms with Gasteiger partial charge in [-0.25, -0.2) is 0 Å². The fraction of sp³-hybridized carbons (Fsp3) is 0.923. The maximum absolute atomic E-state index is 11.3. The van der Waals surface area contributed by atoms with Crippen LogP contribution >= 0.6 is 0 Å². The molecule has 0 aliphatic heterocycles. The first-order valence-electron chi connectivity index (χ1n) is 6.56. The Balaban J connectivity index is 1.87. The number of primary amides is 1. The maximum Gasteiger partial charge on any atom is 0.237 e. The van der Waals surface area contributed by atoms with E-state index in [1.807, 2.05) is 13.8 Å². The Morgan fingerprint density at radius 1 is 1.19 bits per heavy atom. The summed E-state index contributed by atoms with van der Waals surface area (Å²) >= 11 is 0. The molecule has 3 N–H and O–H groups in total. The lowest BCUT2D eigenvalue weighted by molar-refractivity contribution is -0.123. The summed E-state index contributed by atoms with van der Waals surface area (Å²) in [5, 5.41) is 3.43. The van der Waals surface area contributed by atoms with E-state index in [2.05, 4.69) is 5.32 Å². The number of hydrogen-bond acceptors (Lipinski definition) is 2. The third-order valence-electron chi connectivity index (χ3n) is 4.18. The van der Waals surface area contributed by atoms with Crippen LogP contribution in [0.1, 0.15) is 52.4 Å². The summed E-state index contributed by atoms with van der Waals surface area (Å²) in [6, 6.07) is 0.488. The fourth-order valence-electron chi connectivity index (χ4n) is 2.94. The van der Waals surface area contributed by atoms with Crippen LogP contribution in [0.15, 0.2) is 0 Å². The summed E-state index contributed by atoms with van der Waals surface area (Å²) in [4.78, 5) is 11.3. The molecule has 0 aromatic heterocycles. The van der Waals surface area contributed by atoms with Crippen LogP contribution in [0.2, 0.25) is 0 Å². The minimum atomic E-state index is -0.559. The van der Waals surface area contributed by atoms with Crippen LogP contribution in [-0.2, 0) is 4.79 Å². The summed E-state index contributed by atoms with van der Waals surface area (Å²) in [7, 11) is 0. The predicted octanol–water partition coefficient (Wildman–Crippen LogP) is 1.81. The van der Waals surface area contributed by atoms with Crippen LogP contribution in [-0.4, -0.2) is 17.5 Å². The zero-order chi connectivity index (χ0) is 11.8. The van der Waals surface area contributed by atoms with Gasteiger partial charge in [0.25, 0.3) is 0 Å². The molecule has 0 spiro atoms. The second-order valence-electron chi connectivity index (χ2n) is 6.09. The first kappa shape index (κ1) is 11.9. The monoisotopic (exact) mass is 224 g/mol. The molecule has 2 atom stereocenters. The average Bonchev–Trinajstić information content (AvgIpc) is 3.00. The highest BCUT2D eigenvalue weighted by molar-refractivity contribution is 5.83. The number of amides is 1. The van der Waals surface area contributed by atoms with Crippen molar-refractivity contribution in [2.75, 3.05) is 0 Å². The SMILES string of the molecule is CC(C)(NC1CCCC(C2CC2)C1)C(N)=O. The standard InChI is InChI=1S/C13H24N2O/c1-13(2,12(14)16)15-11-5-3-4-10(8-11)9-6-7-9/h9-11,15H,3-8H2,1-2H3,(H2,14,16). The topological polar surface area (TPSA) is 55.1 Å². The van der Waals surface area contributed by atoms with E-state index < -0.39 is 5.54 Å². The van der Waals surface area contributed by atoms with Gasteiger partial charge in [0.2, 0.25) is 5.91 Å². The molecule has 0 radical (unpaired) electrons. The molecule has 0 heterocycles. The second kappa shape index (κ2) is 4.36. The Morgan fingerprint density at radius 2 is 1.88 bits per heavy atom. The van der Waals surface area contributed by atoms with Gasteiger partial charge in [0.05, 0.1) is 5.54 Å². The highest BCUT2D eigenvalue weighted by Crippen LogP contribution is 2.44. The molecule has 0 bridgehead atoms. The molecule has 2 fully saturated rings. The van der Waals surface area contributed by atoms with Crippen molar-refractivity contribution < 1.29 is 4.79 Å². The van der Waals surface area contributed by atoms with Gasteiger partial charge >= 0.3 is 0 Å². The number of nitrogens with two attached hydrogens (primary N) is 1. The first-order chi connectivity index (χ1) is 7.49. The van der Waals surface area contributed by atoms with Crippen molar-refractivity contribution in [2.24, 2.45) is 17.6 Å². The Kier molecular flexibility index (Phi) is 3.24. The van der Waals surface area contributed by atoms with Crippen molar-refractivity contribution in [3.05, 3.63) is 0 Å². The molecule has 0 aromatic rings. The average molecular weight is 224 g/mol. The minimum absolute atomic E-state index is 0.249. The van der Waals surface area contributed by atoms with Gasteiger partial charge in [-0.05, 0) is 51.4 Å². The van der Waals surface area contributed by atoms with Crippen LogP contribution in [0.5, 0.6) is 0 Å². The van der Waals surface area contributed by atoms with Gasteiger partial charge in [-0.3, -0.25) is 4.79 Å². The van der Waals surface area contributed by atoms with Gasteiger partial charge in [-0.1, -0.05) is 12.8 Å². The number of hydrogen-bond donors (Lipinski definition) is 2. The van der Waals surface area contributed by atoms with Gasteiger partial charge < -0.3 is 11.1 Å². The van der Waals surface area contributed by atoms with E-state index in [1.165, 1.54) is 38.5 Å². The summed E-state index contributed by atoms with van der Waals surface area (Å²) in [6.07, 6.45) is 7.97. The second-order valence-corrected chi connectivity index (χ2v) is 6.09. The van der Waals surface area contributed by atoms with Crippen molar-refractivity contribution in [3.8, 4) is 0 Å². The predicted molar refractivity (Wildman–Crippen MR) is 64.9 cm³/mol. The van der Waals surface area contributed by atoms with Crippen molar-refractivity contribution in [1.82, 2.24) is 5.32 Å². The molecule has 1 amide bonds. The lowest BCUT2D eigenvalue weighted by Crippen LogP contribution is -2.55. The molecule has 2 unspecified atom stereocenters. The fourth-order valence-corrected chi connectivity index (χ4v) is 2.94. The molecule has 92 valence electrons. The molecule has 0 saturated heterocycles. The molecule has 2 aliphatic carbocycles. The third kappa shape index (κ3) is 2.76. The third-order valence-corrected chi connectivity index (χ3v) is 4.18. The zero-order valence-corrected chi connectivity index (χ0v) is 10.5. The van der Waals surface area contributed by atoms with Crippen LogP contribution in [0.25, 0.3) is 0 Å². The Hall–Kier alpha value is -0.570. The van der Waals surface area contributed by atoms with Gasteiger partial charge in [-0.15, -0.1) is 0 Å². The largest absolute Gasteiger partial charge is 0.368 e. The van der Waals surface area contributed by atoms with E-state index in [0.717, 1.165) is 11.8 Å². The zero-order valence-electron chi connectivity index (χ0n) is 10.5. The lowest BCUT2D eigenvalue weighted by Gasteiger charge is -2.35. The summed E-state index contributed by atoms with van der Waals surface area (Å²) in [6.45, 7) is 3.77. The quantitative estimate of drug-likeness (QED) is 0.765. The van der Waals surface area contributed by atoms with Gasteiger partial charge in [0.1, 0.15) is 0 Å². The van der Waals surface area contributed by atoms with E-state index in [1.54, 1.807) is 0 Å².